The lowest BCUT2D eigenvalue weighted by molar-refractivity contribution is 0.0595. The average Bonchev–Trinajstić information content (AvgIpc) is 2.81. The van der Waals surface area contributed by atoms with E-state index in [0.29, 0.717) is 11.4 Å². The van der Waals surface area contributed by atoms with Crippen LogP contribution in [0.5, 0.6) is 0 Å². The Kier molecular flexibility index (Phi) is 3.10. The van der Waals surface area contributed by atoms with Crippen molar-refractivity contribution in [1.82, 2.24) is 9.97 Å². The molecule has 1 aromatic carbocycles. The number of hydrogen-bond acceptors (Lipinski definition) is 3. The number of esters is 1. The molecule has 0 aliphatic heterocycles. The number of imidazole rings is 1. The van der Waals surface area contributed by atoms with Gasteiger partial charge in [-0.15, -0.1) is 0 Å². The number of nitrogens with one attached hydrogen (secondary N) is 1. The highest BCUT2D eigenvalue weighted by Gasteiger charge is 2.11. The summed E-state index contributed by atoms with van der Waals surface area (Å²) in [7, 11) is 1.28. The number of H-pyrrole nitrogens is 1. The Balaban J connectivity index is 2.37. The minimum absolute atomic E-state index is 0.00137. The van der Waals surface area contributed by atoms with Gasteiger partial charge in [0.05, 0.1) is 18.3 Å². The zero-order valence-corrected chi connectivity index (χ0v) is 9.58. The Morgan fingerprint density at radius 3 is 2.94 bits per heavy atom. The fourth-order valence-corrected chi connectivity index (χ4v) is 1.51. The van der Waals surface area contributed by atoms with Crippen molar-refractivity contribution >= 4 is 17.6 Å². The van der Waals surface area contributed by atoms with Crippen LogP contribution in [0.3, 0.4) is 0 Å². The van der Waals surface area contributed by atoms with Crippen LogP contribution >= 0.6 is 11.6 Å². The summed E-state index contributed by atoms with van der Waals surface area (Å²) in [5.74, 6) is -0.598. The molecule has 1 N–H and O–H groups in total. The van der Waals surface area contributed by atoms with E-state index in [1.165, 1.54) is 31.5 Å². The maximum atomic E-state index is 13.0. The van der Waals surface area contributed by atoms with Crippen molar-refractivity contribution in [2.45, 2.75) is 0 Å². The number of halogens is 2. The summed E-state index contributed by atoms with van der Waals surface area (Å²) in [5, 5.41) is -0.00137. The summed E-state index contributed by atoms with van der Waals surface area (Å²) >= 11 is 5.65. The number of nitrogens with zero attached hydrogens (tertiary/aromatic N) is 1. The molecule has 2 rings (SSSR count). The van der Waals surface area contributed by atoms with Gasteiger partial charge in [-0.1, -0.05) is 11.6 Å². The zero-order valence-electron chi connectivity index (χ0n) is 8.83. The van der Waals surface area contributed by atoms with Gasteiger partial charge in [-0.25, -0.2) is 14.2 Å². The van der Waals surface area contributed by atoms with E-state index >= 15 is 0 Å². The lowest BCUT2D eigenvalue weighted by Crippen LogP contribution is -2.00. The molecule has 0 atom stereocenters. The molecule has 0 fully saturated rings. The molecule has 0 radical (unpaired) electrons. The van der Waals surface area contributed by atoms with E-state index in [9.17, 15) is 9.18 Å². The molecule has 88 valence electrons. The second-order valence-electron chi connectivity index (χ2n) is 3.27. The monoisotopic (exact) mass is 254 g/mol. The Hall–Kier alpha value is -1.88. The summed E-state index contributed by atoms with van der Waals surface area (Å²) < 4.78 is 17.5. The first-order valence-corrected chi connectivity index (χ1v) is 5.08. The van der Waals surface area contributed by atoms with Crippen molar-refractivity contribution in [3.05, 3.63) is 40.9 Å². The molecule has 1 heterocycles. The fourth-order valence-electron chi connectivity index (χ4n) is 1.33. The Labute approximate surface area is 101 Å². The van der Waals surface area contributed by atoms with Gasteiger partial charge in [0.2, 0.25) is 0 Å². The normalized spacial score (nSPS) is 10.3. The smallest absolute Gasteiger partial charge is 0.356 e. The summed E-state index contributed by atoms with van der Waals surface area (Å²) in [6.07, 6.45) is 1.35. The Morgan fingerprint density at radius 2 is 2.29 bits per heavy atom. The van der Waals surface area contributed by atoms with Crippen LogP contribution in [0.2, 0.25) is 5.02 Å². The molecule has 0 unspecified atom stereocenters. The molecular weight excluding hydrogens is 247 g/mol. The van der Waals surface area contributed by atoms with Crippen molar-refractivity contribution in [2.24, 2.45) is 0 Å². The van der Waals surface area contributed by atoms with Crippen LogP contribution in [0.15, 0.2) is 24.4 Å². The van der Waals surface area contributed by atoms with Crippen molar-refractivity contribution in [3.8, 4) is 11.4 Å². The molecule has 0 spiro atoms. The number of carbonyl (C=O) groups excluding carboxylic acids is 1. The number of hydrogen-bond donors (Lipinski definition) is 1. The van der Waals surface area contributed by atoms with E-state index in [2.05, 4.69) is 14.7 Å². The molecule has 0 aliphatic rings. The van der Waals surface area contributed by atoms with Gasteiger partial charge in [-0.3, -0.25) is 0 Å². The predicted molar refractivity (Wildman–Crippen MR) is 60.3 cm³/mol. The first-order chi connectivity index (χ1) is 8.11. The maximum Gasteiger partial charge on any atom is 0.356 e. The van der Waals surface area contributed by atoms with Crippen LogP contribution in [-0.2, 0) is 4.74 Å². The van der Waals surface area contributed by atoms with Crippen molar-refractivity contribution in [2.75, 3.05) is 7.11 Å². The van der Waals surface area contributed by atoms with Crippen LogP contribution in [0, 0.1) is 5.82 Å². The zero-order chi connectivity index (χ0) is 12.4. The predicted octanol–water partition coefficient (Wildman–Crippen LogP) is 2.66. The number of ether oxygens (including phenoxy) is 1. The molecule has 6 heteroatoms. The second-order valence-corrected chi connectivity index (χ2v) is 3.67. The highest BCUT2D eigenvalue weighted by atomic mass is 35.5. The minimum Gasteiger partial charge on any atom is -0.464 e. The number of carbonyl (C=O) groups is 1. The molecule has 0 aliphatic carbocycles. The van der Waals surface area contributed by atoms with Crippen LogP contribution in [0.25, 0.3) is 11.4 Å². The van der Waals surface area contributed by atoms with Gasteiger partial charge in [-0.05, 0) is 18.2 Å². The van der Waals surface area contributed by atoms with Gasteiger partial charge >= 0.3 is 5.97 Å². The molecule has 1 aromatic heterocycles. The molecule has 17 heavy (non-hydrogen) atoms. The number of aromatic amines is 1. The quantitative estimate of drug-likeness (QED) is 0.839. The summed E-state index contributed by atoms with van der Waals surface area (Å²) in [5.41, 5.74) is 0.814. The SMILES string of the molecule is COC(=O)c1cnc(-c2ccc(F)c(Cl)c2)[nH]1. The molecule has 2 aromatic rings. The third-order valence-electron chi connectivity index (χ3n) is 2.17. The summed E-state index contributed by atoms with van der Waals surface area (Å²) in [4.78, 5) is 17.9. The Morgan fingerprint density at radius 1 is 1.53 bits per heavy atom. The topological polar surface area (TPSA) is 55.0 Å². The molecular formula is C11H8ClFN2O2. The lowest BCUT2D eigenvalue weighted by atomic mass is 10.2. The average molecular weight is 255 g/mol. The van der Waals surface area contributed by atoms with Gasteiger partial charge in [0.15, 0.2) is 0 Å². The van der Waals surface area contributed by atoms with E-state index in [-0.39, 0.29) is 10.7 Å². The van der Waals surface area contributed by atoms with E-state index in [1.807, 2.05) is 0 Å². The number of aromatic nitrogens is 2. The van der Waals surface area contributed by atoms with E-state index in [1.54, 1.807) is 0 Å². The molecule has 4 nitrogen and oxygen atoms in total. The van der Waals surface area contributed by atoms with Crippen LogP contribution in [0.4, 0.5) is 4.39 Å². The second kappa shape index (κ2) is 4.55. The highest BCUT2D eigenvalue weighted by molar-refractivity contribution is 6.31. The van der Waals surface area contributed by atoms with E-state index < -0.39 is 11.8 Å². The summed E-state index contributed by atoms with van der Waals surface area (Å²) in [6.45, 7) is 0. The maximum absolute atomic E-state index is 13.0. The molecule has 0 bridgehead atoms. The fraction of sp³-hybridized carbons (Fsp3) is 0.0909. The minimum atomic E-state index is -0.517. The standard InChI is InChI=1S/C11H8ClFN2O2/c1-17-11(16)9-5-14-10(15-9)6-2-3-8(13)7(12)4-6/h2-5H,1H3,(H,14,15). The van der Waals surface area contributed by atoms with Gasteiger partial charge in [-0.2, -0.15) is 0 Å². The van der Waals surface area contributed by atoms with Crippen molar-refractivity contribution in [3.63, 3.8) is 0 Å². The van der Waals surface area contributed by atoms with E-state index in [0.717, 1.165) is 0 Å². The first-order valence-electron chi connectivity index (χ1n) is 4.70. The molecule has 0 amide bonds. The van der Waals surface area contributed by atoms with Crippen LogP contribution in [-0.4, -0.2) is 23.0 Å². The lowest BCUT2D eigenvalue weighted by Gasteiger charge is -1.99. The van der Waals surface area contributed by atoms with Crippen LogP contribution < -0.4 is 0 Å². The summed E-state index contributed by atoms with van der Waals surface area (Å²) in [6, 6.07) is 4.18. The number of benzene rings is 1. The van der Waals surface area contributed by atoms with Gasteiger partial charge < -0.3 is 9.72 Å². The number of methoxy groups -OCH3 is 1. The van der Waals surface area contributed by atoms with Crippen molar-refractivity contribution in [1.29, 1.82) is 0 Å². The highest BCUT2D eigenvalue weighted by Crippen LogP contribution is 2.22. The Bertz CT molecular complexity index is 568. The van der Waals surface area contributed by atoms with Gasteiger partial charge in [0.25, 0.3) is 0 Å². The third kappa shape index (κ3) is 2.29. The number of rotatable bonds is 2. The van der Waals surface area contributed by atoms with Gasteiger partial charge in [0, 0.05) is 5.56 Å². The third-order valence-corrected chi connectivity index (χ3v) is 2.46. The van der Waals surface area contributed by atoms with E-state index in [4.69, 9.17) is 11.6 Å². The van der Waals surface area contributed by atoms with Crippen molar-refractivity contribution < 1.29 is 13.9 Å². The van der Waals surface area contributed by atoms with Crippen LogP contribution in [0.1, 0.15) is 10.5 Å². The molecule has 0 saturated heterocycles. The first kappa shape index (κ1) is 11.6. The molecule has 0 saturated carbocycles. The largest absolute Gasteiger partial charge is 0.464 e. The van der Waals surface area contributed by atoms with Gasteiger partial charge in [0.1, 0.15) is 17.3 Å².